The summed E-state index contributed by atoms with van der Waals surface area (Å²) in [5.41, 5.74) is 7.21. The van der Waals surface area contributed by atoms with Crippen LogP contribution in [0.1, 0.15) is 25.5 Å². The fourth-order valence-electron chi connectivity index (χ4n) is 1.96. The van der Waals surface area contributed by atoms with Gasteiger partial charge in [0.15, 0.2) is 5.15 Å². The maximum atomic E-state index is 5.99. The molecule has 0 bridgehead atoms. The number of hydrogen-bond acceptors (Lipinski definition) is 2. The summed E-state index contributed by atoms with van der Waals surface area (Å²) in [6.45, 7) is 4.32. The van der Waals surface area contributed by atoms with Gasteiger partial charge in [-0.15, -0.1) is 0 Å². The van der Waals surface area contributed by atoms with Crippen molar-refractivity contribution in [1.29, 1.82) is 0 Å². The average Bonchev–Trinajstić information content (AvgIpc) is 2.40. The van der Waals surface area contributed by atoms with Gasteiger partial charge in [0.25, 0.3) is 0 Å². The van der Waals surface area contributed by atoms with Gasteiger partial charge in [0.1, 0.15) is 0 Å². The molecular formula is C9H14ClN3. The van der Waals surface area contributed by atoms with Crippen LogP contribution in [-0.4, -0.2) is 15.6 Å². The number of aryl methyl sites for hydroxylation is 1. The Labute approximate surface area is 82.9 Å². The number of imidazole rings is 1. The molecule has 0 unspecified atom stereocenters. The molecule has 0 saturated heterocycles. The normalized spacial score (nSPS) is 30.5. The van der Waals surface area contributed by atoms with E-state index in [1.807, 2.05) is 11.6 Å². The maximum Gasteiger partial charge on any atom is 0.150 e. The Kier molecular flexibility index (Phi) is 1.73. The van der Waals surface area contributed by atoms with E-state index in [4.69, 9.17) is 17.3 Å². The van der Waals surface area contributed by atoms with Crippen molar-refractivity contribution in [3.8, 4) is 0 Å². The van der Waals surface area contributed by atoms with Crippen LogP contribution >= 0.6 is 11.6 Å². The molecule has 72 valence electrons. The highest BCUT2D eigenvalue weighted by Crippen LogP contribution is 2.58. The minimum atomic E-state index is 0.164. The Morgan fingerprint density at radius 2 is 2.15 bits per heavy atom. The monoisotopic (exact) mass is 199 g/mol. The number of rotatable bonds is 1. The third-order valence-electron chi connectivity index (χ3n) is 3.14. The van der Waals surface area contributed by atoms with E-state index in [1.54, 1.807) is 6.33 Å². The zero-order chi connectivity index (χ0) is 9.80. The molecule has 0 aliphatic heterocycles. The van der Waals surface area contributed by atoms with Crippen molar-refractivity contribution < 1.29 is 0 Å². The van der Waals surface area contributed by atoms with E-state index in [9.17, 15) is 0 Å². The minimum absolute atomic E-state index is 0.164. The lowest BCUT2D eigenvalue weighted by Crippen LogP contribution is -2.07. The molecule has 0 spiro atoms. The standard InChI is InChI=1S/C9H14ClN3/c1-9(2)5(7(9)11)6-8(10)12-4-13(6)3/h4-5,7H,11H2,1-3H3/t5-,7-/m1/s1. The number of nitrogens with zero attached hydrogens (tertiary/aromatic N) is 2. The Morgan fingerprint density at radius 3 is 2.46 bits per heavy atom. The number of hydrogen-bond donors (Lipinski definition) is 1. The molecule has 1 aliphatic rings. The molecule has 4 heteroatoms. The highest BCUT2D eigenvalue weighted by atomic mass is 35.5. The second-order valence-electron chi connectivity index (χ2n) is 4.36. The Bertz CT molecular complexity index is 323. The van der Waals surface area contributed by atoms with E-state index in [0.29, 0.717) is 11.1 Å². The van der Waals surface area contributed by atoms with Crippen molar-refractivity contribution in [1.82, 2.24) is 9.55 Å². The Balaban J connectivity index is 2.39. The van der Waals surface area contributed by atoms with Crippen molar-refractivity contribution >= 4 is 11.6 Å². The lowest BCUT2D eigenvalue weighted by molar-refractivity contribution is 0.589. The van der Waals surface area contributed by atoms with Gasteiger partial charge >= 0.3 is 0 Å². The van der Waals surface area contributed by atoms with Crippen LogP contribution in [0, 0.1) is 5.41 Å². The second kappa shape index (κ2) is 2.49. The van der Waals surface area contributed by atoms with Gasteiger partial charge in [-0.25, -0.2) is 4.98 Å². The smallest absolute Gasteiger partial charge is 0.150 e. The van der Waals surface area contributed by atoms with Crippen LogP contribution in [0.15, 0.2) is 6.33 Å². The molecule has 2 rings (SSSR count). The van der Waals surface area contributed by atoms with Crippen LogP contribution in [0.2, 0.25) is 5.15 Å². The summed E-state index contributed by atoms with van der Waals surface area (Å²) >= 11 is 5.99. The van der Waals surface area contributed by atoms with Crippen LogP contribution in [0.25, 0.3) is 0 Å². The van der Waals surface area contributed by atoms with Crippen molar-refractivity contribution in [3.63, 3.8) is 0 Å². The summed E-state index contributed by atoms with van der Waals surface area (Å²) in [5, 5.41) is 0.591. The SMILES string of the molecule is Cn1cnc(Cl)c1[C@@H]1[C@@H](N)C1(C)C. The van der Waals surface area contributed by atoms with Gasteiger partial charge in [0.2, 0.25) is 0 Å². The number of aromatic nitrogens is 2. The average molecular weight is 200 g/mol. The molecule has 2 atom stereocenters. The molecule has 3 nitrogen and oxygen atoms in total. The van der Waals surface area contributed by atoms with Crippen molar-refractivity contribution in [2.45, 2.75) is 25.8 Å². The third-order valence-corrected chi connectivity index (χ3v) is 3.43. The van der Waals surface area contributed by atoms with Crippen LogP contribution in [0.4, 0.5) is 0 Å². The van der Waals surface area contributed by atoms with Crippen LogP contribution in [0.3, 0.4) is 0 Å². The summed E-state index contributed by atoms with van der Waals surface area (Å²) in [5.74, 6) is 0.354. The van der Waals surface area contributed by atoms with Crippen molar-refractivity contribution in [2.75, 3.05) is 0 Å². The molecule has 1 aromatic rings. The van der Waals surface area contributed by atoms with E-state index in [-0.39, 0.29) is 11.5 Å². The highest BCUT2D eigenvalue weighted by Gasteiger charge is 2.58. The molecular weight excluding hydrogens is 186 g/mol. The molecule has 0 amide bonds. The minimum Gasteiger partial charge on any atom is -0.336 e. The van der Waals surface area contributed by atoms with Gasteiger partial charge in [-0.1, -0.05) is 25.4 Å². The molecule has 1 saturated carbocycles. The highest BCUT2D eigenvalue weighted by molar-refractivity contribution is 6.30. The first-order valence-electron chi connectivity index (χ1n) is 4.38. The van der Waals surface area contributed by atoms with Gasteiger partial charge < -0.3 is 10.3 Å². The van der Waals surface area contributed by atoms with Crippen molar-refractivity contribution in [2.24, 2.45) is 18.2 Å². The van der Waals surface area contributed by atoms with E-state index in [1.165, 1.54) is 0 Å². The largest absolute Gasteiger partial charge is 0.336 e. The van der Waals surface area contributed by atoms with E-state index < -0.39 is 0 Å². The molecule has 13 heavy (non-hydrogen) atoms. The lowest BCUT2D eigenvalue weighted by atomic mass is 10.1. The molecule has 1 aromatic heterocycles. The predicted molar refractivity (Wildman–Crippen MR) is 52.7 cm³/mol. The van der Waals surface area contributed by atoms with E-state index >= 15 is 0 Å². The Morgan fingerprint density at radius 1 is 1.62 bits per heavy atom. The fraction of sp³-hybridized carbons (Fsp3) is 0.667. The van der Waals surface area contributed by atoms with Crippen LogP contribution in [-0.2, 0) is 7.05 Å². The molecule has 0 radical (unpaired) electrons. The molecule has 1 fully saturated rings. The zero-order valence-corrected chi connectivity index (χ0v) is 8.84. The predicted octanol–water partition coefficient (Wildman–Crippen LogP) is 1.52. The lowest BCUT2D eigenvalue weighted by Gasteiger charge is -2.03. The van der Waals surface area contributed by atoms with Crippen molar-refractivity contribution in [3.05, 3.63) is 17.2 Å². The third kappa shape index (κ3) is 1.11. The van der Waals surface area contributed by atoms with Gasteiger partial charge in [-0.2, -0.15) is 0 Å². The number of nitrogens with two attached hydrogens (primary N) is 1. The van der Waals surface area contributed by atoms with Crippen LogP contribution in [0.5, 0.6) is 0 Å². The number of halogens is 1. The van der Waals surface area contributed by atoms with Gasteiger partial charge in [0.05, 0.1) is 12.0 Å². The molecule has 2 N–H and O–H groups in total. The summed E-state index contributed by atoms with van der Waals surface area (Å²) < 4.78 is 1.96. The summed E-state index contributed by atoms with van der Waals surface area (Å²) in [4.78, 5) is 4.05. The first-order valence-corrected chi connectivity index (χ1v) is 4.76. The van der Waals surface area contributed by atoms with E-state index in [0.717, 1.165) is 5.69 Å². The summed E-state index contributed by atoms with van der Waals surface area (Å²) in [6, 6.07) is 0.209. The maximum absolute atomic E-state index is 5.99. The zero-order valence-electron chi connectivity index (χ0n) is 8.08. The first kappa shape index (κ1) is 9.03. The second-order valence-corrected chi connectivity index (χ2v) is 4.71. The van der Waals surface area contributed by atoms with Gasteiger partial charge in [-0.05, 0) is 5.41 Å². The molecule has 1 heterocycles. The summed E-state index contributed by atoms with van der Waals surface area (Å²) in [6.07, 6.45) is 1.73. The fourth-order valence-corrected chi connectivity index (χ4v) is 2.25. The first-order chi connectivity index (χ1) is 5.96. The Hall–Kier alpha value is -0.540. The van der Waals surface area contributed by atoms with E-state index in [2.05, 4.69) is 18.8 Å². The van der Waals surface area contributed by atoms with Gasteiger partial charge in [0, 0.05) is 19.0 Å². The quantitative estimate of drug-likeness (QED) is 0.746. The van der Waals surface area contributed by atoms with Gasteiger partial charge in [-0.3, -0.25) is 0 Å². The molecule has 0 aromatic carbocycles. The summed E-state index contributed by atoms with van der Waals surface area (Å²) in [7, 11) is 1.95. The molecule has 1 aliphatic carbocycles. The topological polar surface area (TPSA) is 43.8 Å². The van der Waals surface area contributed by atoms with Crippen LogP contribution < -0.4 is 5.73 Å².